The maximum Gasteiger partial charge on any atom is 0.161 e. The number of allylic oxidation sites excluding steroid dienone is 2. The molecule has 1 aromatic carbocycles. The number of aromatic nitrogens is 1. The Balaban J connectivity index is 1.27. The molecule has 0 spiro atoms. The molecule has 1 aliphatic heterocycles. The lowest BCUT2D eigenvalue weighted by Crippen LogP contribution is -2.38. The quantitative estimate of drug-likeness (QED) is 0.121. The fourth-order valence-corrected chi connectivity index (χ4v) is 6.84. The lowest BCUT2D eigenvalue weighted by Gasteiger charge is -2.27. The van der Waals surface area contributed by atoms with Gasteiger partial charge in [-0.05, 0) is 118 Å². The van der Waals surface area contributed by atoms with Gasteiger partial charge in [0.2, 0.25) is 0 Å². The predicted molar refractivity (Wildman–Crippen MR) is 179 cm³/mol. The zero-order valence-electron chi connectivity index (χ0n) is 27.1. The zero-order valence-corrected chi connectivity index (χ0v) is 27.1. The van der Waals surface area contributed by atoms with E-state index in [9.17, 15) is 20.4 Å². The number of phenols is 1. The number of aryl methyl sites for hydroxylation is 1. The highest BCUT2D eigenvalue weighted by Gasteiger charge is 2.30. The Kier molecular flexibility index (Phi) is 13.7. The maximum absolute atomic E-state index is 11.1. The Morgan fingerprint density at radius 3 is 2.69 bits per heavy atom. The van der Waals surface area contributed by atoms with Crippen LogP contribution in [0.15, 0.2) is 60.1 Å². The van der Waals surface area contributed by atoms with E-state index < -0.39 is 18.3 Å². The van der Waals surface area contributed by atoms with Gasteiger partial charge in [-0.2, -0.15) is 0 Å². The Morgan fingerprint density at radius 2 is 1.96 bits per heavy atom. The number of nitrogens with one attached hydrogen (secondary N) is 3. The molecular formula is C36H56N4O5. The smallest absolute Gasteiger partial charge is 0.161 e. The van der Waals surface area contributed by atoms with Crippen LogP contribution in [0.3, 0.4) is 0 Å². The summed E-state index contributed by atoms with van der Waals surface area (Å²) in [7, 11) is 0. The number of rotatable bonds is 17. The first-order valence-corrected chi connectivity index (χ1v) is 17.0. The van der Waals surface area contributed by atoms with Crippen LogP contribution < -0.4 is 21.1 Å². The number of ether oxygens (including phenoxy) is 1. The molecule has 250 valence electrons. The van der Waals surface area contributed by atoms with Crippen LogP contribution in [0.25, 0.3) is 0 Å². The summed E-state index contributed by atoms with van der Waals surface area (Å²) < 4.78 is 6.09. The van der Waals surface area contributed by atoms with Crippen LogP contribution in [0.1, 0.15) is 76.5 Å². The van der Waals surface area contributed by atoms with Crippen LogP contribution >= 0.6 is 0 Å². The highest BCUT2D eigenvalue weighted by molar-refractivity contribution is 5.42. The molecule has 0 saturated heterocycles. The number of aromatic amines is 1. The number of H-pyrrole nitrogens is 1. The summed E-state index contributed by atoms with van der Waals surface area (Å²) in [5.74, 6) is 2.16. The molecule has 9 N–H and O–H groups in total. The average molecular weight is 625 g/mol. The first kappa shape index (κ1) is 34.9. The molecule has 0 bridgehead atoms. The van der Waals surface area contributed by atoms with Crippen LogP contribution in [0.4, 0.5) is 0 Å². The third-order valence-electron chi connectivity index (χ3n) is 9.57. The van der Waals surface area contributed by atoms with E-state index in [1.54, 1.807) is 13.0 Å². The van der Waals surface area contributed by atoms with Gasteiger partial charge in [0, 0.05) is 31.0 Å². The van der Waals surface area contributed by atoms with Gasteiger partial charge in [-0.1, -0.05) is 31.9 Å². The van der Waals surface area contributed by atoms with Gasteiger partial charge in [0.25, 0.3) is 0 Å². The number of hydrogen-bond acceptors (Lipinski definition) is 8. The summed E-state index contributed by atoms with van der Waals surface area (Å²) in [5.41, 5.74) is 9.34. The molecule has 0 radical (unpaired) electrons. The number of hydrogen-bond donors (Lipinski definition) is 8. The lowest BCUT2D eigenvalue weighted by molar-refractivity contribution is 0.0327. The number of dihydropyridines is 1. The third kappa shape index (κ3) is 11.4. The molecular weight excluding hydrogens is 568 g/mol. The number of nitrogens with two attached hydrogens (primary N) is 1. The van der Waals surface area contributed by atoms with Crippen molar-refractivity contribution in [3.8, 4) is 11.5 Å². The molecule has 1 aliphatic carbocycles. The number of aromatic hydroxyl groups is 1. The SMILES string of the molecule is CC[C@H]1CC[C@@H]([C@H](O)C[C@H](O)CCc2ccc(O)c(OCC[C@H](Cc3ccc[nH]3)C3=CCNC(N)=C3)c2)C[C@@H](NC[C@H](C)O)C1. The van der Waals surface area contributed by atoms with Crippen LogP contribution in [-0.4, -0.2) is 69.5 Å². The van der Waals surface area contributed by atoms with Gasteiger partial charge in [-0.15, -0.1) is 0 Å². The fourth-order valence-electron chi connectivity index (χ4n) is 6.84. The summed E-state index contributed by atoms with van der Waals surface area (Å²) in [5, 5.41) is 48.9. The Labute approximate surface area is 269 Å². The van der Waals surface area contributed by atoms with E-state index in [0.29, 0.717) is 56.4 Å². The van der Waals surface area contributed by atoms with Crippen LogP contribution in [0.5, 0.6) is 11.5 Å². The van der Waals surface area contributed by atoms with Crippen LogP contribution in [0, 0.1) is 17.8 Å². The van der Waals surface area contributed by atoms with E-state index >= 15 is 0 Å². The largest absolute Gasteiger partial charge is 0.504 e. The molecule has 2 aromatic rings. The van der Waals surface area contributed by atoms with Gasteiger partial charge in [0.05, 0.1) is 30.7 Å². The van der Waals surface area contributed by atoms with Crippen molar-refractivity contribution >= 4 is 0 Å². The van der Waals surface area contributed by atoms with Crippen molar-refractivity contribution in [1.29, 1.82) is 0 Å². The van der Waals surface area contributed by atoms with Gasteiger partial charge in [-0.3, -0.25) is 0 Å². The normalized spacial score (nSPS) is 23.2. The minimum atomic E-state index is -0.625. The zero-order chi connectivity index (χ0) is 32.2. The van der Waals surface area contributed by atoms with Crippen molar-refractivity contribution in [2.75, 3.05) is 19.7 Å². The fraction of sp³-hybridized carbons (Fsp3) is 0.611. The van der Waals surface area contributed by atoms with E-state index in [0.717, 1.165) is 56.2 Å². The Bertz CT molecular complexity index is 1210. The molecule has 4 rings (SSSR count). The summed E-state index contributed by atoms with van der Waals surface area (Å²) in [6.45, 7) is 5.70. The monoisotopic (exact) mass is 624 g/mol. The van der Waals surface area contributed by atoms with E-state index in [2.05, 4.69) is 34.7 Å². The van der Waals surface area contributed by atoms with Gasteiger partial charge in [0.1, 0.15) is 0 Å². The molecule has 0 amide bonds. The standard InChI is InChI=1S/C36H56N4O5/c1-3-25-6-9-29(20-31(17-25)40-23-24(2)41)34(44)22-32(42)10-7-26-8-11-33(43)35(18-26)45-16-13-28(19-30-5-4-14-38-30)27-12-15-39-36(37)21-27/h4-5,8,11-12,14,18,21,24-25,28-29,31-32,34,38-44H,3,6-7,9-10,13,15-17,19-20,22-23,37H2,1-2H3/t24-,25-,28+,29+,31-,32+,34+/m0/s1. The van der Waals surface area contributed by atoms with Crippen LogP contribution in [-0.2, 0) is 12.8 Å². The van der Waals surface area contributed by atoms with Gasteiger partial charge >= 0.3 is 0 Å². The van der Waals surface area contributed by atoms with Crippen molar-refractivity contribution in [1.82, 2.24) is 15.6 Å². The molecule has 9 nitrogen and oxygen atoms in total. The van der Waals surface area contributed by atoms with Gasteiger partial charge in [0.15, 0.2) is 11.5 Å². The molecule has 2 heterocycles. The first-order valence-electron chi connectivity index (χ1n) is 17.0. The minimum absolute atomic E-state index is 0.0957. The van der Waals surface area contributed by atoms with Crippen molar-refractivity contribution in [3.63, 3.8) is 0 Å². The second-order valence-electron chi connectivity index (χ2n) is 13.3. The van der Waals surface area contributed by atoms with Crippen molar-refractivity contribution in [3.05, 3.63) is 71.3 Å². The van der Waals surface area contributed by atoms with Crippen molar-refractivity contribution in [2.24, 2.45) is 23.5 Å². The second kappa shape index (κ2) is 17.6. The second-order valence-corrected chi connectivity index (χ2v) is 13.3. The summed E-state index contributed by atoms with van der Waals surface area (Å²) in [6, 6.07) is 9.72. The van der Waals surface area contributed by atoms with Crippen LogP contribution in [0.2, 0.25) is 0 Å². The first-order chi connectivity index (χ1) is 21.7. The molecule has 1 saturated carbocycles. The summed E-state index contributed by atoms with van der Waals surface area (Å²) >= 11 is 0. The van der Waals surface area contributed by atoms with E-state index in [-0.39, 0.29) is 23.6 Å². The molecule has 9 heteroatoms. The Hall–Kier alpha value is -2.98. The summed E-state index contributed by atoms with van der Waals surface area (Å²) in [6.07, 6.45) is 12.6. The number of benzene rings is 1. The average Bonchev–Trinajstić information content (AvgIpc) is 3.44. The van der Waals surface area contributed by atoms with E-state index in [1.807, 2.05) is 30.5 Å². The van der Waals surface area contributed by atoms with E-state index in [1.165, 1.54) is 5.57 Å². The maximum atomic E-state index is 11.1. The third-order valence-corrected chi connectivity index (χ3v) is 9.57. The molecule has 7 atom stereocenters. The van der Waals surface area contributed by atoms with Crippen molar-refractivity contribution in [2.45, 2.75) is 102 Å². The lowest BCUT2D eigenvalue weighted by atomic mass is 9.88. The molecule has 2 aliphatic rings. The molecule has 1 aromatic heterocycles. The molecule has 1 fully saturated rings. The minimum Gasteiger partial charge on any atom is -0.504 e. The number of phenolic OH excluding ortho intramolecular Hbond substituents is 1. The summed E-state index contributed by atoms with van der Waals surface area (Å²) in [4.78, 5) is 3.29. The number of aliphatic hydroxyl groups is 3. The van der Waals surface area contributed by atoms with E-state index in [4.69, 9.17) is 10.5 Å². The topological polar surface area (TPSA) is 156 Å². The van der Waals surface area contributed by atoms with Crippen molar-refractivity contribution < 1.29 is 25.2 Å². The highest BCUT2D eigenvalue weighted by Crippen LogP contribution is 2.33. The predicted octanol–water partition coefficient (Wildman–Crippen LogP) is 4.28. The van der Waals surface area contributed by atoms with Gasteiger partial charge in [-0.25, -0.2) is 0 Å². The Morgan fingerprint density at radius 1 is 1.11 bits per heavy atom. The number of aliphatic hydroxyl groups excluding tert-OH is 3. The molecule has 0 unspecified atom stereocenters. The highest BCUT2D eigenvalue weighted by atomic mass is 16.5. The molecule has 45 heavy (non-hydrogen) atoms. The van der Waals surface area contributed by atoms with Gasteiger partial charge < -0.3 is 46.5 Å².